The summed E-state index contributed by atoms with van der Waals surface area (Å²) in [5.74, 6) is 0. The van der Waals surface area contributed by atoms with Crippen molar-refractivity contribution >= 4 is 33.0 Å². The summed E-state index contributed by atoms with van der Waals surface area (Å²) in [5, 5.41) is 4.74. The zero-order valence-corrected chi connectivity index (χ0v) is 8.72. The molecule has 0 N–H and O–H groups in total. The molecule has 62 valence electrons. The number of pyridine rings is 1. The normalized spacial score (nSPS) is 10.9. The standard InChI is InChI=1S/C8H6BrClN2/c1-5-7(9)4-6-2-3-11-12(6)8(5)10/h2-4H,1H3. The highest BCUT2D eigenvalue weighted by Crippen LogP contribution is 2.25. The molecule has 0 fully saturated rings. The first-order valence-electron chi connectivity index (χ1n) is 3.48. The third-order valence-corrected chi connectivity index (χ3v) is 3.07. The molecule has 2 aromatic heterocycles. The Hall–Kier alpha value is -0.540. The van der Waals surface area contributed by atoms with Gasteiger partial charge in [0, 0.05) is 10.0 Å². The van der Waals surface area contributed by atoms with E-state index < -0.39 is 0 Å². The van der Waals surface area contributed by atoms with E-state index in [2.05, 4.69) is 21.0 Å². The Bertz CT molecular complexity index is 436. The second-order valence-corrected chi connectivity index (χ2v) is 3.79. The number of aromatic nitrogens is 2. The lowest BCUT2D eigenvalue weighted by Gasteiger charge is -2.03. The molecule has 4 heteroatoms. The fraction of sp³-hybridized carbons (Fsp3) is 0.125. The van der Waals surface area contributed by atoms with Gasteiger partial charge >= 0.3 is 0 Å². The molecule has 2 rings (SSSR count). The molecule has 0 aliphatic rings. The van der Waals surface area contributed by atoms with Crippen LogP contribution in [0.2, 0.25) is 5.15 Å². The van der Waals surface area contributed by atoms with Crippen LogP contribution in [0.15, 0.2) is 22.8 Å². The van der Waals surface area contributed by atoms with Crippen molar-refractivity contribution in [1.82, 2.24) is 9.61 Å². The van der Waals surface area contributed by atoms with E-state index in [1.807, 2.05) is 19.1 Å². The number of rotatable bonds is 0. The van der Waals surface area contributed by atoms with Crippen molar-refractivity contribution in [2.75, 3.05) is 0 Å². The Kier molecular flexibility index (Phi) is 1.85. The van der Waals surface area contributed by atoms with Crippen molar-refractivity contribution in [3.63, 3.8) is 0 Å². The average Bonchev–Trinajstić information content (AvgIpc) is 2.48. The molecule has 0 unspecified atom stereocenters. The smallest absolute Gasteiger partial charge is 0.135 e. The molecule has 12 heavy (non-hydrogen) atoms. The summed E-state index contributed by atoms with van der Waals surface area (Å²) < 4.78 is 2.72. The minimum absolute atomic E-state index is 0.657. The average molecular weight is 246 g/mol. The van der Waals surface area contributed by atoms with Gasteiger partial charge in [-0.2, -0.15) is 5.10 Å². The van der Waals surface area contributed by atoms with Gasteiger partial charge in [-0.3, -0.25) is 0 Å². The summed E-state index contributed by atoms with van der Waals surface area (Å²) in [6.45, 7) is 1.95. The van der Waals surface area contributed by atoms with Gasteiger partial charge in [-0.25, -0.2) is 4.52 Å². The van der Waals surface area contributed by atoms with Crippen LogP contribution in [-0.2, 0) is 0 Å². The van der Waals surface area contributed by atoms with Gasteiger partial charge in [0.05, 0.1) is 11.7 Å². The van der Waals surface area contributed by atoms with Gasteiger partial charge in [-0.05, 0) is 19.1 Å². The number of hydrogen-bond donors (Lipinski definition) is 0. The third kappa shape index (κ3) is 1.04. The van der Waals surface area contributed by atoms with Crippen LogP contribution in [0.5, 0.6) is 0 Å². The number of halogens is 2. The molecule has 0 spiro atoms. The van der Waals surface area contributed by atoms with Crippen LogP contribution in [0.4, 0.5) is 0 Å². The Morgan fingerprint density at radius 1 is 1.58 bits per heavy atom. The fourth-order valence-electron chi connectivity index (χ4n) is 1.08. The molecule has 0 bridgehead atoms. The van der Waals surface area contributed by atoms with Crippen LogP contribution >= 0.6 is 27.5 Å². The van der Waals surface area contributed by atoms with Crippen molar-refractivity contribution in [3.05, 3.63) is 33.5 Å². The van der Waals surface area contributed by atoms with Crippen LogP contribution in [0, 0.1) is 6.92 Å². The molecule has 0 atom stereocenters. The predicted molar refractivity (Wildman–Crippen MR) is 52.6 cm³/mol. The molecular formula is C8H6BrClN2. The predicted octanol–water partition coefficient (Wildman–Crippen LogP) is 3.06. The van der Waals surface area contributed by atoms with E-state index in [1.165, 1.54) is 0 Å². The lowest BCUT2D eigenvalue weighted by atomic mass is 10.3. The fourth-order valence-corrected chi connectivity index (χ4v) is 1.86. The summed E-state index contributed by atoms with van der Waals surface area (Å²) in [4.78, 5) is 0. The maximum Gasteiger partial charge on any atom is 0.135 e. The quantitative estimate of drug-likeness (QED) is 0.652. The highest BCUT2D eigenvalue weighted by atomic mass is 79.9. The van der Waals surface area contributed by atoms with E-state index in [9.17, 15) is 0 Å². The maximum absolute atomic E-state index is 6.04. The van der Waals surface area contributed by atoms with Crippen LogP contribution in [0.3, 0.4) is 0 Å². The monoisotopic (exact) mass is 244 g/mol. The number of nitrogens with zero attached hydrogens (tertiary/aromatic N) is 2. The van der Waals surface area contributed by atoms with Crippen molar-refractivity contribution < 1.29 is 0 Å². The second kappa shape index (κ2) is 2.75. The van der Waals surface area contributed by atoms with Crippen molar-refractivity contribution in [2.24, 2.45) is 0 Å². The van der Waals surface area contributed by atoms with E-state index in [0.29, 0.717) is 5.15 Å². The summed E-state index contributed by atoms with van der Waals surface area (Å²) >= 11 is 9.47. The zero-order chi connectivity index (χ0) is 8.72. The molecule has 2 heterocycles. The maximum atomic E-state index is 6.04. The van der Waals surface area contributed by atoms with Gasteiger partial charge in [0.25, 0.3) is 0 Å². The number of hydrogen-bond acceptors (Lipinski definition) is 1. The van der Waals surface area contributed by atoms with Gasteiger partial charge in [-0.15, -0.1) is 0 Å². The van der Waals surface area contributed by atoms with Crippen molar-refractivity contribution in [2.45, 2.75) is 6.92 Å². The largest absolute Gasteiger partial charge is 0.222 e. The second-order valence-electron chi connectivity index (χ2n) is 2.58. The van der Waals surface area contributed by atoms with E-state index >= 15 is 0 Å². The van der Waals surface area contributed by atoms with Crippen molar-refractivity contribution in [3.8, 4) is 0 Å². The number of fused-ring (bicyclic) bond motifs is 1. The highest BCUT2D eigenvalue weighted by Gasteiger charge is 2.05. The van der Waals surface area contributed by atoms with Gasteiger partial charge in [0.1, 0.15) is 5.15 Å². The van der Waals surface area contributed by atoms with Crippen LogP contribution in [0.1, 0.15) is 5.56 Å². The molecule has 2 nitrogen and oxygen atoms in total. The van der Waals surface area contributed by atoms with Crippen LogP contribution in [0.25, 0.3) is 5.52 Å². The first-order chi connectivity index (χ1) is 5.70. The molecule has 2 aromatic rings. The van der Waals surface area contributed by atoms with E-state index in [0.717, 1.165) is 15.6 Å². The summed E-state index contributed by atoms with van der Waals surface area (Å²) in [6.07, 6.45) is 1.73. The Morgan fingerprint density at radius 3 is 3.08 bits per heavy atom. The third-order valence-electron chi connectivity index (χ3n) is 1.80. The van der Waals surface area contributed by atoms with E-state index in [4.69, 9.17) is 11.6 Å². The Balaban J connectivity index is 2.94. The molecule has 0 radical (unpaired) electrons. The SMILES string of the molecule is Cc1c(Br)cc2ccnn2c1Cl. The molecule has 0 saturated heterocycles. The Labute approximate surface area is 83.3 Å². The summed E-state index contributed by atoms with van der Waals surface area (Å²) in [6, 6.07) is 3.91. The molecular weight excluding hydrogens is 239 g/mol. The van der Waals surface area contributed by atoms with Gasteiger partial charge in [-0.1, -0.05) is 27.5 Å². The minimum atomic E-state index is 0.657. The van der Waals surface area contributed by atoms with Crippen LogP contribution in [-0.4, -0.2) is 9.61 Å². The molecule has 0 amide bonds. The lowest BCUT2D eigenvalue weighted by molar-refractivity contribution is 0.950. The summed E-state index contributed by atoms with van der Waals surface area (Å²) in [5.41, 5.74) is 2.00. The zero-order valence-electron chi connectivity index (χ0n) is 6.38. The lowest BCUT2D eigenvalue weighted by Crippen LogP contribution is -1.92. The van der Waals surface area contributed by atoms with Gasteiger partial charge in [0.2, 0.25) is 0 Å². The first kappa shape index (κ1) is 8.08. The van der Waals surface area contributed by atoms with Gasteiger partial charge in [0.15, 0.2) is 0 Å². The van der Waals surface area contributed by atoms with Gasteiger partial charge < -0.3 is 0 Å². The van der Waals surface area contributed by atoms with Crippen LogP contribution < -0.4 is 0 Å². The van der Waals surface area contributed by atoms with Crippen molar-refractivity contribution in [1.29, 1.82) is 0 Å². The summed E-state index contributed by atoms with van der Waals surface area (Å²) in [7, 11) is 0. The van der Waals surface area contributed by atoms with E-state index in [1.54, 1.807) is 10.7 Å². The van der Waals surface area contributed by atoms with E-state index in [-0.39, 0.29) is 0 Å². The Morgan fingerprint density at radius 2 is 2.33 bits per heavy atom. The highest BCUT2D eigenvalue weighted by molar-refractivity contribution is 9.10. The minimum Gasteiger partial charge on any atom is -0.222 e. The first-order valence-corrected chi connectivity index (χ1v) is 4.65. The molecule has 0 aromatic carbocycles. The molecule has 0 aliphatic heterocycles. The topological polar surface area (TPSA) is 17.3 Å². The molecule has 0 saturated carbocycles. The molecule has 0 aliphatic carbocycles.